The van der Waals surface area contributed by atoms with Crippen LogP contribution < -0.4 is 19.9 Å². The molecule has 3 aromatic rings. The number of nitriles is 1. The van der Waals surface area contributed by atoms with Crippen LogP contribution >= 0.6 is 11.6 Å². The van der Waals surface area contributed by atoms with E-state index in [4.69, 9.17) is 26.2 Å². The van der Waals surface area contributed by atoms with E-state index in [1.807, 2.05) is 6.07 Å². The first-order chi connectivity index (χ1) is 17.0. The van der Waals surface area contributed by atoms with Gasteiger partial charge in [0.15, 0.2) is 12.4 Å². The third-order valence-corrected chi connectivity index (χ3v) is 6.01. The average molecular weight is 532 g/mol. The number of carbonyl (C=O) groups is 2. The molecule has 186 valence electrons. The molecular formula is C24H19ClFN3O6S. The molecule has 0 spiro atoms. The van der Waals surface area contributed by atoms with Crippen LogP contribution in [-0.4, -0.2) is 33.6 Å². The largest absolute Gasteiger partial charge is 0.483 e. The number of ether oxygens (including phenoxy) is 2. The van der Waals surface area contributed by atoms with Gasteiger partial charge in [-0.3, -0.25) is 9.59 Å². The van der Waals surface area contributed by atoms with E-state index in [-0.39, 0.29) is 38.1 Å². The Hall–Kier alpha value is -3.98. The molecule has 0 aliphatic heterocycles. The second kappa shape index (κ2) is 11.2. The molecule has 3 rings (SSSR count). The number of halogens is 2. The average Bonchev–Trinajstić information content (AvgIpc) is 2.83. The molecule has 0 heterocycles. The summed E-state index contributed by atoms with van der Waals surface area (Å²) in [6.45, 7) is -0.0442. The number of benzene rings is 3. The van der Waals surface area contributed by atoms with Crippen LogP contribution in [0.5, 0.6) is 11.5 Å². The van der Waals surface area contributed by atoms with E-state index in [0.29, 0.717) is 11.3 Å². The molecule has 0 unspecified atom stereocenters. The molecule has 0 bridgehead atoms. The Morgan fingerprint density at radius 1 is 1.11 bits per heavy atom. The van der Waals surface area contributed by atoms with Gasteiger partial charge in [-0.2, -0.15) is 5.26 Å². The van der Waals surface area contributed by atoms with Crippen molar-refractivity contribution in [1.29, 1.82) is 5.26 Å². The smallest absolute Gasteiger partial charge is 0.262 e. The minimum Gasteiger partial charge on any atom is -0.483 e. The van der Waals surface area contributed by atoms with Gasteiger partial charge in [-0.05, 0) is 67.1 Å². The molecule has 0 aromatic heterocycles. The number of nitrogens with zero attached hydrogens (tertiary/aromatic N) is 1. The van der Waals surface area contributed by atoms with E-state index in [2.05, 4.69) is 5.32 Å². The van der Waals surface area contributed by atoms with Crippen LogP contribution in [0.25, 0.3) is 0 Å². The Morgan fingerprint density at radius 3 is 2.50 bits per heavy atom. The van der Waals surface area contributed by atoms with Crippen molar-refractivity contribution in [2.75, 3.05) is 18.8 Å². The maximum atomic E-state index is 13.2. The van der Waals surface area contributed by atoms with Crippen molar-refractivity contribution in [2.45, 2.75) is 11.8 Å². The van der Waals surface area contributed by atoms with Gasteiger partial charge in [0.25, 0.3) is 5.91 Å². The van der Waals surface area contributed by atoms with Crippen LogP contribution in [-0.2, 0) is 14.8 Å². The number of nitrogens with one attached hydrogen (secondary N) is 1. The zero-order chi connectivity index (χ0) is 26.5. The summed E-state index contributed by atoms with van der Waals surface area (Å²) in [7, 11) is -3.89. The number of ketones is 1. The highest BCUT2D eigenvalue weighted by Crippen LogP contribution is 2.28. The Morgan fingerprint density at radius 2 is 1.86 bits per heavy atom. The van der Waals surface area contributed by atoms with Gasteiger partial charge < -0.3 is 14.8 Å². The fraction of sp³-hybridized carbons (Fsp3) is 0.125. The summed E-state index contributed by atoms with van der Waals surface area (Å²) in [6.07, 6.45) is 0. The summed E-state index contributed by atoms with van der Waals surface area (Å²) in [5, 5.41) is 17.1. The van der Waals surface area contributed by atoms with Gasteiger partial charge in [0, 0.05) is 16.3 Å². The molecule has 0 aliphatic rings. The molecule has 36 heavy (non-hydrogen) atoms. The number of aryl methyl sites for hydroxylation is 1. The molecular weight excluding hydrogens is 513 g/mol. The molecule has 3 N–H and O–H groups in total. The second-order valence-electron chi connectivity index (χ2n) is 7.44. The highest BCUT2D eigenvalue weighted by Gasteiger charge is 2.19. The molecule has 1 amide bonds. The Kier molecular flexibility index (Phi) is 8.26. The first-order valence-electron chi connectivity index (χ1n) is 10.2. The number of sulfonamides is 1. The molecule has 12 heteroatoms. The van der Waals surface area contributed by atoms with Crippen molar-refractivity contribution in [1.82, 2.24) is 0 Å². The number of primary sulfonamides is 1. The van der Waals surface area contributed by atoms with E-state index in [0.717, 1.165) is 0 Å². The van der Waals surface area contributed by atoms with E-state index >= 15 is 0 Å². The number of hydrogen-bond donors (Lipinski definition) is 2. The predicted molar refractivity (Wildman–Crippen MR) is 129 cm³/mol. The summed E-state index contributed by atoms with van der Waals surface area (Å²) in [4.78, 5) is 25.5. The van der Waals surface area contributed by atoms with Gasteiger partial charge in [0.1, 0.15) is 11.5 Å². The summed E-state index contributed by atoms with van der Waals surface area (Å²) < 4.78 is 45.9. The maximum absolute atomic E-state index is 13.2. The van der Waals surface area contributed by atoms with Gasteiger partial charge in [-0.25, -0.2) is 17.9 Å². The lowest BCUT2D eigenvalue weighted by atomic mass is 10.0. The van der Waals surface area contributed by atoms with E-state index in [9.17, 15) is 27.7 Å². The predicted octanol–water partition coefficient (Wildman–Crippen LogP) is 3.72. The lowest BCUT2D eigenvalue weighted by Gasteiger charge is -2.13. The number of hydrogen-bond acceptors (Lipinski definition) is 7. The minimum atomic E-state index is -3.89. The van der Waals surface area contributed by atoms with E-state index < -0.39 is 35.2 Å². The van der Waals surface area contributed by atoms with Gasteiger partial charge in [-0.1, -0.05) is 11.6 Å². The molecule has 0 fully saturated rings. The minimum absolute atomic E-state index is 0.00488. The molecule has 9 nitrogen and oxygen atoms in total. The molecule has 0 radical (unpaired) electrons. The van der Waals surface area contributed by atoms with Crippen LogP contribution in [0.15, 0.2) is 59.5 Å². The van der Waals surface area contributed by atoms with Gasteiger partial charge in [0.05, 0.1) is 22.1 Å². The van der Waals surface area contributed by atoms with Crippen LogP contribution in [0.4, 0.5) is 10.1 Å². The van der Waals surface area contributed by atoms with Crippen molar-refractivity contribution in [3.8, 4) is 17.6 Å². The zero-order valence-electron chi connectivity index (χ0n) is 18.7. The monoisotopic (exact) mass is 531 g/mol. The highest BCUT2D eigenvalue weighted by atomic mass is 35.5. The van der Waals surface area contributed by atoms with Gasteiger partial charge in [-0.15, -0.1) is 0 Å². The SMILES string of the molecule is Cc1cc(S(N)(=O)=O)ccc1NC(=O)COc1ccc(Cl)cc1C(=O)c1cc(C#N)cc(OCF)c1. The molecule has 0 saturated heterocycles. The Balaban J connectivity index is 1.80. The second-order valence-corrected chi connectivity index (χ2v) is 9.44. The normalized spacial score (nSPS) is 10.9. The maximum Gasteiger partial charge on any atom is 0.262 e. The van der Waals surface area contributed by atoms with Crippen LogP contribution in [0.3, 0.4) is 0 Å². The number of alkyl halides is 1. The third kappa shape index (κ3) is 6.57. The van der Waals surface area contributed by atoms with E-state index in [1.165, 1.54) is 54.6 Å². The zero-order valence-corrected chi connectivity index (χ0v) is 20.3. The highest BCUT2D eigenvalue weighted by molar-refractivity contribution is 7.89. The molecule has 0 aliphatic carbocycles. The quantitative estimate of drug-likeness (QED) is 0.399. The van der Waals surface area contributed by atoms with Crippen molar-refractivity contribution < 1.29 is 31.9 Å². The third-order valence-electron chi connectivity index (χ3n) is 4.86. The van der Waals surface area contributed by atoms with E-state index in [1.54, 1.807) is 6.92 Å². The lowest BCUT2D eigenvalue weighted by molar-refractivity contribution is -0.118. The summed E-state index contributed by atoms with van der Waals surface area (Å²) in [6, 6.07) is 13.9. The lowest BCUT2D eigenvalue weighted by Crippen LogP contribution is -2.21. The van der Waals surface area contributed by atoms with Crippen LogP contribution in [0, 0.1) is 18.3 Å². The Labute approximate surface area is 211 Å². The van der Waals surface area contributed by atoms with Crippen LogP contribution in [0.2, 0.25) is 5.02 Å². The number of nitrogens with two attached hydrogens (primary N) is 1. The van der Waals surface area contributed by atoms with Crippen molar-refractivity contribution in [2.24, 2.45) is 5.14 Å². The van der Waals surface area contributed by atoms with Crippen LogP contribution in [0.1, 0.15) is 27.0 Å². The number of amides is 1. The number of rotatable bonds is 9. The summed E-state index contributed by atoms with van der Waals surface area (Å²) in [5.41, 5.74) is 0.917. The molecule has 3 aromatic carbocycles. The number of carbonyl (C=O) groups excluding carboxylic acids is 2. The topological polar surface area (TPSA) is 149 Å². The summed E-state index contributed by atoms with van der Waals surface area (Å²) >= 11 is 6.05. The fourth-order valence-corrected chi connectivity index (χ4v) is 3.96. The fourth-order valence-electron chi connectivity index (χ4n) is 3.19. The van der Waals surface area contributed by atoms with Crippen molar-refractivity contribution in [3.05, 3.63) is 81.9 Å². The van der Waals surface area contributed by atoms with Crippen molar-refractivity contribution in [3.63, 3.8) is 0 Å². The molecule has 0 saturated carbocycles. The first-order valence-corrected chi connectivity index (χ1v) is 12.1. The molecule has 0 atom stereocenters. The number of anilines is 1. The van der Waals surface area contributed by atoms with Crippen molar-refractivity contribution >= 4 is 39.0 Å². The summed E-state index contributed by atoms with van der Waals surface area (Å²) in [5.74, 6) is -1.15. The standard InChI is InChI=1S/C24H19ClFN3O6S/c1-14-6-19(36(28,32)33)3-4-21(14)29-23(30)12-34-22-5-2-17(25)10-20(22)24(31)16-7-15(11-27)8-18(9-16)35-13-26/h2-10H,12-13H2,1H3,(H,29,30)(H2,28,32,33). The first kappa shape index (κ1) is 26.6. The van der Waals surface area contributed by atoms with Gasteiger partial charge in [0.2, 0.25) is 16.9 Å². The van der Waals surface area contributed by atoms with Gasteiger partial charge >= 0.3 is 0 Å². The Bertz CT molecular complexity index is 1490.